The fourth-order valence-corrected chi connectivity index (χ4v) is 3.03. The molecule has 0 aliphatic heterocycles. The standard InChI is InChI=1S/C24H22N4O2/c1-2-13-30-21-11-7-17(8-12-21)16-25-28-24(29)23-15-22(26-27-23)20-10-9-18-5-3-4-6-19(18)14-20/h3-12,14-16H,2,13H2,1H3,(H,26,27)(H,28,29). The van der Waals surface area contributed by atoms with E-state index in [0.29, 0.717) is 18.0 Å². The number of rotatable bonds is 7. The van der Waals surface area contributed by atoms with Crippen molar-refractivity contribution in [1.29, 1.82) is 0 Å². The Balaban J connectivity index is 1.39. The lowest BCUT2D eigenvalue weighted by Gasteiger charge is -2.03. The van der Waals surface area contributed by atoms with Crippen molar-refractivity contribution < 1.29 is 9.53 Å². The number of hydrazone groups is 1. The first-order valence-corrected chi connectivity index (χ1v) is 9.84. The summed E-state index contributed by atoms with van der Waals surface area (Å²) >= 11 is 0. The molecule has 3 aromatic carbocycles. The molecule has 0 unspecified atom stereocenters. The number of benzene rings is 3. The average molecular weight is 398 g/mol. The van der Waals surface area contributed by atoms with Crippen LogP contribution in [0.4, 0.5) is 0 Å². The van der Waals surface area contributed by atoms with Crippen molar-refractivity contribution in [3.05, 3.63) is 84.1 Å². The largest absolute Gasteiger partial charge is 0.494 e. The molecule has 6 nitrogen and oxygen atoms in total. The van der Waals surface area contributed by atoms with Crippen LogP contribution in [0.15, 0.2) is 77.9 Å². The molecular weight excluding hydrogens is 376 g/mol. The Kier molecular flexibility index (Phi) is 5.85. The number of amides is 1. The van der Waals surface area contributed by atoms with Crippen molar-refractivity contribution in [2.24, 2.45) is 5.10 Å². The van der Waals surface area contributed by atoms with Gasteiger partial charge in [0.15, 0.2) is 0 Å². The maximum absolute atomic E-state index is 12.3. The number of aromatic nitrogens is 2. The van der Waals surface area contributed by atoms with E-state index >= 15 is 0 Å². The summed E-state index contributed by atoms with van der Waals surface area (Å²) in [6, 6.07) is 23.5. The zero-order valence-corrected chi connectivity index (χ0v) is 16.6. The van der Waals surface area contributed by atoms with Crippen molar-refractivity contribution >= 4 is 22.9 Å². The molecule has 0 saturated heterocycles. The number of ether oxygens (including phenoxy) is 1. The number of carbonyl (C=O) groups excluding carboxylic acids is 1. The van der Waals surface area contributed by atoms with Gasteiger partial charge in [0.25, 0.3) is 5.91 Å². The second-order valence-corrected chi connectivity index (χ2v) is 6.85. The molecule has 0 radical (unpaired) electrons. The lowest BCUT2D eigenvalue weighted by atomic mass is 10.1. The van der Waals surface area contributed by atoms with E-state index in [4.69, 9.17) is 4.74 Å². The fraction of sp³-hybridized carbons (Fsp3) is 0.125. The predicted molar refractivity (Wildman–Crippen MR) is 119 cm³/mol. The lowest BCUT2D eigenvalue weighted by Crippen LogP contribution is -2.17. The molecule has 0 bridgehead atoms. The number of aromatic amines is 1. The average Bonchev–Trinajstić information content (AvgIpc) is 3.29. The van der Waals surface area contributed by atoms with Crippen molar-refractivity contribution in [3.8, 4) is 17.0 Å². The maximum Gasteiger partial charge on any atom is 0.289 e. The van der Waals surface area contributed by atoms with Crippen molar-refractivity contribution in [2.45, 2.75) is 13.3 Å². The summed E-state index contributed by atoms with van der Waals surface area (Å²) in [7, 11) is 0. The molecule has 150 valence electrons. The monoisotopic (exact) mass is 398 g/mol. The third kappa shape index (κ3) is 4.55. The summed E-state index contributed by atoms with van der Waals surface area (Å²) < 4.78 is 5.55. The van der Waals surface area contributed by atoms with Gasteiger partial charge >= 0.3 is 0 Å². The Hall–Kier alpha value is -3.93. The molecule has 4 aromatic rings. The summed E-state index contributed by atoms with van der Waals surface area (Å²) in [5, 5.41) is 13.3. The number of hydrogen-bond donors (Lipinski definition) is 2. The molecule has 6 heteroatoms. The summed E-state index contributed by atoms with van der Waals surface area (Å²) in [6.45, 7) is 2.75. The Morgan fingerprint density at radius 3 is 2.67 bits per heavy atom. The van der Waals surface area contributed by atoms with Gasteiger partial charge in [0.05, 0.1) is 18.5 Å². The SMILES string of the molecule is CCCOc1ccc(C=NNC(=O)c2cc(-c3ccc4ccccc4c3)n[nH]2)cc1. The third-order valence-electron chi connectivity index (χ3n) is 4.60. The first kappa shape index (κ1) is 19.4. The van der Waals surface area contributed by atoms with Gasteiger partial charge in [-0.05, 0) is 59.2 Å². The lowest BCUT2D eigenvalue weighted by molar-refractivity contribution is 0.0950. The van der Waals surface area contributed by atoms with Gasteiger partial charge in [-0.25, -0.2) is 5.43 Å². The van der Waals surface area contributed by atoms with E-state index in [1.807, 2.05) is 48.5 Å². The molecule has 2 N–H and O–H groups in total. The van der Waals surface area contributed by atoms with Crippen molar-refractivity contribution in [2.75, 3.05) is 6.61 Å². The smallest absolute Gasteiger partial charge is 0.289 e. The van der Waals surface area contributed by atoms with Crippen LogP contribution in [0.25, 0.3) is 22.0 Å². The molecule has 0 fully saturated rings. The van der Waals surface area contributed by atoms with E-state index in [0.717, 1.165) is 34.1 Å². The number of fused-ring (bicyclic) bond motifs is 1. The Labute approximate surface area is 174 Å². The van der Waals surface area contributed by atoms with Crippen LogP contribution in [0.5, 0.6) is 5.75 Å². The number of nitrogens with one attached hydrogen (secondary N) is 2. The van der Waals surface area contributed by atoms with Gasteiger partial charge in [0.1, 0.15) is 11.4 Å². The highest BCUT2D eigenvalue weighted by Crippen LogP contribution is 2.23. The highest BCUT2D eigenvalue weighted by atomic mass is 16.5. The van der Waals surface area contributed by atoms with Crippen LogP contribution in [0.2, 0.25) is 0 Å². The minimum absolute atomic E-state index is 0.346. The Bertz CT molecular complexity index is 1180. The van der Waals surface area contributed by atoms with Gasteiger partial charge in [-0.2, -0.15) is 10.2 Å². The normalized spacial score (nSPS) is 11.1. The first-order chi connectivity index (χ1) is 14.7. The number of H-pyrrole nitrogens is 1. The van der Waals surface area contributed by atoms with Crippen LogP contribution in [-0.2, 0) is 0 Å². The molecule has 0 spiro atoms. The number of nitrogens with zero attached hydrogens (tertiary/aromatic N) is 2. The zero-order valence-electron chi connectivity index (χ0n) is 16.6. The quantitative estimate of drug-likeness (QED) is 0.347. The number of hydrogen-bond acceptors (Lipinski definition) is 4. The summed E-state index contributed by atoms with van der Waals surface area (Å²) in [5.74, 6) is 0.463. The van der Waals surface area contributed by atoms with Crippen molar-refractivity contribution in [1.82, 2.24) is 15.6 Å². The predicted octanol–water partition coefficient (Wildman–Crippen LogP) is 4.78. The Morgan fingerprint density at radius 2 is 1.87 bits per heavy atom. The second-order valence-electron chi connectivity index (χ2n) is 6.85. The molecule has 0 atom stereocenters. The van der Waals surface area contributed by atoms with E-state index < -0.39 is 0 Å². The van der Waals surface area contributed by atoms with Gasteiger partial charge in [-0.3, -0.25) is 9.89 Å². The molecule has 0 aliphatic rings. The molecule has 1 heterocycles. The van der Waals surface area contributed by atoms with Crippen molar-refractivity contribution in [3.63, 3.8) is 0 Å². The summed E-state index contributed by atoms with van der Waals surface area (Å²) in [6.07, 6.45) is 2.55. The van der Waals surface area contributed by atoms with Crippen LogP contribution in [0.1, 0.15) is 29.4 Å². The molecular formula is C24H22N4O2. The molecule has 4 rings (SSSR count). The first-order valence-electron chi connectivity index (χ1n) is 9.84. The van der Waals surface area contributed by atoms with Gasteiger partial charge in [0.2, 0.25) is 0 Å². The fourth-order valence-electron chi connectivity index (χ4n) is 3.03. The highest BCUT2D eigenvalue weighted by molar-refractivity contribution is 5.94. The van der Waals surface area contributed by atoms with E-state index in [9.17, 15) is 4.79 Å². The van der Waals surface area contributed by atoms with Crippen LogP contribution in [-0.4, -0.2) is 28.9 Å². The van der Waals surface area contributed by atoms with Crippen LogP contribution in [0, 0.1) is 0 Å². The summed E-state index contributed by atoms with van der Waals surface area (Å²) in [5.41, 5.74) is 5.37. The third-order valence-corrected chi connectivity index (χ3v) is 4.60. The van der Waals surface area contributed by atoms with E-state index in [-0.39, 0.29) is 5.91 Å². The second kappa shape index (κ2) is 9.05. The van der Waals surface area contributed by atoms with E-state index in [1.54, 1.807) is 12.3 Å². The topological polar surface area (TPSA) is 79.4 Å². The Morgan fingerprint density at radius 1 is 1.07 bits per heavy atom. The van der Waals surface area contributed by atoms with E-state index in [1.165, 1.54) is 0 Å². The van der Waals surface area contributed by atoms with Gasteiger partial charge in [-0.15, -0.1) is 0 Å². The number of carbonyl (C=O) groups is 1. The molecule has 0 saturated carbocycles. The minimum Gasteiger partial charge on any atom is -0.494 e. The van der Waals surface area contributed by atoms with Gasteiger partial charge in [0, 0.05) is 5.56 Å². The van der Waals surface area contributed by atoms with Crippen LogP contribution >= 0.6 is 0 Å². The maximum atomic E-state index is 12.3. The van der Waals surface area contributed by atoms with Gasteiger partial charge in [-0.1, -0.05) is 43.3 Å². The molecule has 1 aromatic heterocycles. The molecule has 1 amide bonds. The van der Waals surface area contributed by atoms with E-state index in [2.05, 4.69) is 45.8 Å². The minimum atomic E-state index is -0.353. The van der Waals surface area contributed by atoms with Gasteiger partial charge < -0.3 is 4.74 Å². The van der Waals surface area contributed by atoms with Crippen LogP contribution < -0.4 is 10.2 Å². The molecule has 0 aliphatic carbocycles. The molecule has 30 heavy (non-hydrogen) atoms. The van der Waals surface area contributed by atoms with Crippen LogP contribution in [0.3, 0.4) is 0 Å². The zero-order chi connectivity index (χ0) is 20.8. The summed E-state index contributed by atoms with van der Waals surface area (Å²) in [4.78, 5) is 12.3. The highest BCUT2D eigenvalue weighted by Gasteiger charge is 2.10.